The molecule has 1 aromatic rings. The minimum Gasteiger partial charge on any atom is -0.497 e. The third kappa shape index (κ3) is 4.39. The van der Waals surface area contributed by atoms with Gasteiger partial charge >= 0.3 is 0 Å². The molecule has 1 N–H and O–H groups in total. The standard InChI is InChI=1S/C12H15NO2/c1-13-8-3-4-9-15-12-7-5-6-11(10-12)14-2/h5-7,10,13H,8-9H2,1-2H3. The highest BCUT2D eigenvalue weighted by Crippen LogP contribution is 2.18. The summed E-state index contributed by atoms with van der Waals surface area (Å²) in [6.07, 6.45) is 0. The van der Waals surface area contributed by atoms with Gasteiger partial charge in [0.25, 0.3) is 0 Å². The van der Waals surface area contributed by atoms with Crippen molar-refractivity contribution in [1.82, 2.24) is 5.32 Å². The molecule has 3 heteroatoms. The van der Waals surface area contributed by atoms with Crippen molar-refractivity contribution in [1.29, 1.82) is 0 Å². The van der Waals surface area contributed by atoms with Crippen LogP contribution in [0.4, 0.5) is 0 Å². The van der Waals surface area contributed by atoms with Crippen LogP contribution in [0.2, 0.25) is 0 Å². The first-order valence-electron chi connectivity index (χ1n) is 4.74. The molecule has 0 aromatic heterocycles. The first kappa shape index (κ1) is 11.4. The van der Waals surface area contributed by atoms with Gasteiger partial charge in [-0.2, -0.15) is 0 Å². The molecule has 3 nitrogen and oxygen atoms in total. The molecule has 0 amide bonds. The van der Waals surface area contributed by atoms with Crippen LogP contribution in [0.5, 0.6) is 11.5 Å². The number of methoxy groups -OCH3 is 1. The smallest absolute Gasteiger partial charge is 0.149 e. The number of nitrogens with one attached hydrogen (secondary N) is 1. The lowest BCUT2D eigenvalue weighted by molar-refractivity contribution is 0.363. The Kier molecular flexibility index (Phi) is 5.13. The third-order valence-electron chi connectivity index (χ3n) is 1.74. The average Bonchev–Trinajstić information content (AvgIpc) is 2.29. The van der Waals surface area contributed by atoms with Crippen LogP contribution in [-0.4, -0.2) is 27.3 Å². The van der Waals surface area contributed by atoms with Gasteiger partial charge in [-0.1, -0.05) is 17.9 Å². The summed E-state index contributed by atoms with van der Waals surface area (Å²) >= 11 is 0. The van der Waals surface area contributed by atoms with Crippen LogP contribution in [0.25, 0.3) is 0 Å². The molecule has 0 aliphatic rings. The quantitative estimate of drug-likeness (QED) is 0.751. The van der Waals surface area contributed by atoms with Crippen molar-refractivity contribution in [2.45, 2.75) is 0 Å². The molecule has 0 saturated heterocycles. The molecule has 80 valence electrons. The van der Waals surface area contributed by atoms with E-state index in [2.05, 4.69) is 17.2 Å². The molecule has 0 spiro atoms. The molecule has 0 bridgehead atoms. The Bertz CT molecular complexity index is 352. The summed E-state index contributed by atoms with van der Waals surface area (Å²) in [6, 6.07) is 7.47. The Morgan fingerprint density at radius 3 is 2.80 bits per heavy atom. The summed E-state index contributed by atoms with van der Waals surface area (Å²) in [4.78, 5) is 0. The van der Waals surface area contributed by atoms with Gasteiger partial charge in [0, 0.05) is 6.07 Å². The third-order valence-corrected chi connectivity index (χ3v) is 1.74. The molecular weight excluding hydrogens is 190 g/mol. The highest BCUT2D eigenvalue weighted by Gasteiger charge is 1.94. The second kappa shape index (κ2) is 6.74. The largest absolute Gasteiger partial charge is 0.497 e. The lowest BCUT2D eigenvalue weighted by Gasteiger charge is -2.03. The molecule has 0 fully saturated rings. The number of ether oxygens (including phenoxy) is 2. The van der Waals surface area contributed by atoms with Gasteiger partial charge in [-0.3, -0.25) is 0 Å². The summed E-state index contributed by atoms with van der Waals surface area (Å²) < 4.78 is 10.5. The highest BCUT2D eigenvalue weighted by molar-refractivity contribution is 5.33. The van der Waals surface area contributed by atoms with Gasteiger partial charge in [-0.25, -0.2) is 0 Å². The summed E-state index contributed by atoms with van der Waals surface area (Å²) in [6.45, 7) is 1.08. The van der Waals surface area contributed by atoms with Crippen molar-refractivity contribution in [2.24, 2.45) is 0 Å². The molecule has 0 atom stereocenters. The maximum atomic E-state index is 5.41. The number of rotatable bonds is 4. The minimum atomic E-state index is 0.398. The average molecular weight is 205 g/mol. The molecule has 1 aromatic carbocycles. The highest BCUT2D eigenvalue weighted by atomic mass is 16.5. The molecule has 0 unspecified atom stereocenters. The van der Waals surface area contributed by atoms with Crippen LogP contribution in [0.3, 0.4) is 0 Å². The van der Waals surface area contributed by atoms with Gasteiger partial charge in [0.2, 0.25) is 0 Å². The fraction of sp³-hybridized carbons (Fsp3) is 0.333. The molecule has 1 rings (SSSR count). The summed E-state index contributed by atoms with van der Waals surface area (Å²) in [7, 11) is 3.49. The van der Waals surface area contributed by atoms with Crippen LogP contribution in [-0.2, 0) is 0 Å². The lowest BCUT2D eigenvalue weighted by Crippen LogP contribution is -2.05. The molecule has 0 heterocycles. The Morgan fingerprint density at radius 2 is 2.07 bits per heavy atom. The predicted molar refractivity (Wildman–Crippen MR) is 60.2 cm³/mol. The topological polar surface area (TPSA) is 30.5 Å². The van der Waals surface area contributed by atoms with Crippen LogP contribution >= 0.6 is 0 Å². The van der Waals surface area contributed by atoms with Crippen LogP contribution in [0.1, 0.15) is 0 Å². The second-order valence-electron chi connectivity index (χ2n) is 2.85. The van der Waals surface area contributed by atoms with Gasteiger partial charge in [0.1, 0.15) is 18.1 Å². The van der Waals surface area contributed by atoms with E-state index < -0.39 is 0 Å². The van der Waals surface area contributed by atoms with Gasteiger partial charge < -0.3 is 14.8 Å². The predicted octanol–water partition coefficient (Wildman–Crippen LogP) is 1.30. The van der Waals surface area contributed by atoms with Crippen LogP contribution in [0, 0.1) is 11.8 Å². The van der Waals surface area contributed by atoms with Crippen molar-refractivity contribution in [3.05, 3.63) is 24.3 Å². The summed E-state index contributed by atoms with van der Waals surface area (Å²) in [5.41, 5.74) is 0. The van der Waals surface area contributed by atoms with Crippen molar-refractivity contribution >= 4 is 0 Å². The number of hydrogen-bond acceptors (Lipinski definition) is 3. The maximum Gasteiger partial charge on any atom is 0.149 e. The van der Waals surface area contributed by atoms with Gasteiger partial charge in [0.15, 0.2) is 0 Å². The van der Waals surface area contributed by atoms with E-state index in [0.717, 1.165) is 11.5 Å². The van der Waals surface area contributed by atoms with E-state index in [1.165, 1.54) is 0 Å². The van der Waals surface area contributed by atoms with E-state index in [1.807, 2.05) is 31.3 Å². The van der Waals surface area contributed by atoms with E-state index >= 15 is 0 Å². The Morgan fingerprint density at radius 1 is 1.27 bits per heavy atom. The Hall–Kier alpha value is -1.66. The van der Waals surface area contributed by atoms with Gasteiger partial charge in [0.05, 0.1) is 13.7 Å². The van der Waals surface area contributed by atoms with E-state index in [0.29, 0.717) is 13.2 Å². The lowest BCUT2D eigenvalue weighted by atomic mass is 10.3. The second-order valence-corrected chi connectivity index (χ2v) is 2.85. The van der Waals surface area contributed by atoms with Crippen molar-refractivity contribution < 1.29 is 9.47 Å². The molecule has 0 radical (unpaired) electrons. The molecule has 0 aliphatic heterocycles. The summed E-state index contributed by atoms with van der Waals surface area (Å²) in [5.74, 6) is 7.37. The molecule has 0 saturated carbocycles. The molecule has 15 heavy (non-hydrogen) atoms. The monoisotopic (exact) mass is 205 g/mol. The van der Waals surface area contributed by atoms with Crippen molar-refractivity contribution in [3.63, 3.8) is 0 Å². The van der Waals surface area contributed by atoms with E-state index in [1.54, 1.807) is 7.11 Å². The number of benzene rings is 1. The first-order chi connectivity index (χ1) is 7.36. The van der Waals surface area contributed by atoms with Crippen molar-refractivity contribution in [3.8, 4) is 23.3 Å². The van der Waals surface area contributed by atoms with Gasteiger partial charge in [-0.15, -0.1) is 0 Å². The number of hydrogen-bond donors (Lipinski definition) is 1. The fourth-order valence-corrected chi connectivity index (χ4v) is 1.01. The Balaban J connectivity index is 2.41. The van der Waals surface area contributed by atoms with Crippen molar-refractivity contribution in [2.75, 3.05) is 27.3 Å². The van der Waals surface area contributed by atoms with E-state index in [4.69, 9.17) is 9.47 Å². The fourth-order valence-electron chi connectivity index (χ4n) is 1.01. The van der Waals surface area contributed by atoms with Crippen LogP contribution in [0.15, 0.2) is 24.3 Å². The zero-order valence-corrected chi connectivity index (χ0v) is 9.04. The Labute approximate surface area is 90.4 Å². The SMILES string of the molecule is CNCC#CCOc1cccc(OC)c1. The maximum absolute atomic E-state index is 5.41. The first-order valence-corrected chi connectivity index (χ1v) is 4.74. The minimum absolute atomic E-state index is 0.398. The van der Waals surface area contributed by atoms with E-state index in [9.17, 15) is 0 Å². The zero-order valence-electron chi connectivity index (χ0n) is 9.04. The van der Waals surface area contributed by atoms with E-state index in [-0.39, 0.29) is 0 Å². The van der Waals surface area contributed by atoms with Crippen LogP contribution < -0.4 is 14.8 Å². The van der Waals surface area contributed by atoms with Gasteiger partial charge in [-0.05, 0) is 19.2 Å². The summed E-state index contributed by atoms with van der Waals surface area (Å²) in [5, 5.41) is 2.94. The zero-order chi connectivity index (χ0) is 10.9. The normalized spacial score (nSPS) is 8.93. The molecule has 0 aliphatic carbocycles. The molecular formula is C12H15NO2.